The van der Waals surface area contributed by atoms with E-state index in [2.05, 4.69) is 12.2 Å². The lowest BCUT2D eigenvalue weighted by Gasteiger charge is -2.23. The van der Waals surface area contributed by atoms with Gasteiger partial charge in [-0.25, -0.2) is 4.79 Å². The normalized spacial score (nSPS) is 10.4. The molecule has 0 aliphatic rings. The molecule has 0 saturated carbocycles. The largest absolute Gasteiger partial charge is 0.494 e. The molecule has 0 bridgehead atoms. The first-order chi connectivity index (χ1) is 14.2. The van der Waals surface area contributed by atoms with Gasteiger partial charge in [-0.3, -0.25) is 0 Å². The zero-order valence-electron chi connectivity index (χ0n) is 16.9. The predicted molar refractivity (Wildman–Crippen MR) is 117 cm³/mol. The van der Waals surface area contributed by atoms with Crippen LogP contribution in [-0.4, -0.2) is 24.1 Å². The summed E-state index contributed by atoms with van der Waals surface area (Å²) in [6.45, 7) is 4.34. The van der Waals surface area contributed by atoms with E-state index in [1.54, 1.807) is 0 Å². The molecule has 4 heteroatoms. The Kier molecular flexibility index (Phi) is 7.70. The molecule has 3 aromatic rings. The second-order valence-electron chi connectivity index (χ2n) is 7.07. The van der Waals surface area contributed by atoms with Crippen molar-refractivity contribution in [2.45, 2.75) is 26.4 Å². The quantitative estimate of drug-likeness (QED) is 0.514. The SMILES string of the molecule is Cc1ccc(OCCCNC(=O)N(Cc2ccccc2)Cc2ccccc2)cc1. The Labute approximate surface area is 173 Å². The summed E-state index contributed by atoms with van der Waals surface area (Å²) in [4.78, 5) is 14.6. The molecule has 150 valence electrons. The van der Waals surface area contributed by atoms with Crippen molar-refractivity contribution in [2.75, 3.05) is 13.2 Å². The summed E-state index contributed by atoms with van der Waals surface area (Å²) in [6.07, 6.45) is 0.754. The van der Waals surface area contributed by atoms with Crippen LogP contribution in [-0.2, 0) is 13.1 Å². The maximum absolute atomic E-state index is 12.8. The fraction of sp³-hybridized carbons (Fsp3) is 0.240. The maximum atomic E-state index is 12.8. The Hall–Kier alpha value is -3.27. The zero-order chi connectivity index (χ0) is 20.3. The van der Waals surface area contributed by atoms with Gasteiger partial charge >= 0.3 is 6.03 Å². The Bertz CT molecular complexity index is 823. The average Bonchev–Trinajstić information content (AvgIpc) is 2.76. The highest BCUT2D eigenvalue weighted by Gasteiger charge is 2.14. The lowest BCUT2D eigenvalue weighted by atomic mass is 10.2. The van der Waals surface area contributed by atoms with E-state index in [1.807, 2.05) is 89.8 Å². The summed E-state index contributed by atoms with van der Waals surface area (Å²) >= 11 is 0. The van der Waals surface area contributed by atoms with E-state index in [1.165, 1.54) is 5.56 Å². The minimum absolute atomic E-state index is 0.0620. The lowest BCUT2D eigenvalue weighted by Crippen LogP contribution is -2.39. The molecule has 0 spiro atoms. The number of amides is 2. The van der Waals surface area contributed by atoms with Crippen LogP contribution in [0.15, 0.2) is 84.9 Å². The van der Waals surface area contributed by atoms with Gasteiger partial charge in [0, 0.05) is 19.6 Å². The van der Waals surface area contributed by atoms with Gasteiger partial charge in [0.05, 0.1) is 6.61 Å². The highest BCUT2D eigenvalue weighted by molar-refractivity contribution is 5.74. The topological polar surface area (TPSA) is 41.6 Å². The van der Waals surface area contributed by atoms with Crippen LogP contribution in [0.5, 0.6) is 5.75 Å². The molecule has 0 aromatic heterocycles. The Morgan fingerprint density at radius 3 is 1.93 bits per heavy atom. The number of benzene rings is 3. The molecule has 0 atom stereocenters. The van der Waals surface area contributed by atoms with Crippen molar-refractivity contribution >= 4 is 6.03 Å². The smallest absolute Gasteiger partial charge is 0.318 e. The average molecular weight is 389 g/mol. The van der Waals surface area contributed by atoms with Gasteiger partial charge in [-0.1, -0.05) is 78.4 Å². The zero-order valence-corrected chi connectivity index (χ0v) is 16.9. The highest BCUT2D eigenvalue weighted by Crippen LogP contribution is 2.12. The van der Waals surface area contributed by atoms with Gasteiger partial charge in [-0.05, 0) is 36.6 Å². The number of ether oxygens (including phenoxy) is 1. The van der Waals surface area contributed by atoms with Crippen LogP contribution in [0.25, 0.3) is 0 Å². The number of carbonyl (C=O) groups is 1. The van der Waals surface area contributed by atoms with Crippen molar-refractivity contribution in [3.63, 3.8) is 0 Å². The lowest BCUT2D eigenvalue weighted by molar-refractivity contribution is 0.191. The maximum Gasteiger partial charge on any atom is 0.318 e. The van der Waals surface area contributed by atoms with E-state index in [0.717, 1.165) is 23.3 Å². The van der Waals surface area contributed by atoms with Crippen LogP contribution in [0.3, 0.4) is 0 Å². The van der Waals surface area contributed by atoms with Crippen molar-refractivity contribution in [2.24, 2.45) is 0 Å². The Balaban J connectivity index is 1.49. The molecule has 1 N–H and O–H groups in total. The molecule has 3 rings (SSSR count). The summed E-state index contributed by atoms with van der Waals surface area (Å²) in [5, 5.41) is 3.03. The molecule has 0 fully saturated rings. The van der Waals surface area contributed by atoms with Crippen molar-refractivity contribution in [1.82, 2.24) is 10.2 Å². The number of hydrogen-bond donors (Lipinski definition) is 1. The van der Waals surface area contributed by atoms with Gasteiger partial charge in [-0.15, -0.1) is 0 Å². The summed E-state index contributed by atoms with van der Waals surface area (Å²) in [7, 11) is 0. The van der Waals surface area contributed by atoms with Gasteiger partial charge in [-0.2, -0.15) is 0 Å². The molecular weight excluding hydrogens is 360 g/mol. The third-order valence-electron chi connectivity index (χ3n) is 4.61. The van der Waals surface area contributed by atoms with Crippen LogP contribution in [0.4, 0.5) is 4.79 Å². The number of nitrogens with zero attached hydrogens (tertiary/aromatic N) is 1. The molecule has 0 aliphatic carbocycles. The van der Waals surface area contributed by atoms with Gasteiger partial charge in [0.15, 0.2) is 0 Å². The second kappa shape index (κ2) is 10.9. The van der Waals surface area contributed by atoms with Gasteiger partial charge in [0.25, 0.3) is 0 Å². The minimum Gasteiger partial charge on any atom is -0.494 e. The van der Waals surface area contributed by atoms with E-state index >= 15 is 0 Å². The van der Waals surface area contributed by atoms with Crippen molar-refractivity contribution in [3.05, 3.63) is 102 Å². The first-order valence-electron chi connectivity index (χ1n) is 10.0. The predicted octanol–water partition coefficient (Wildman–Crippen LogP) is 5.18. The molecule has 3 aromatic carbocycles. The molecule has 0 aliphatic heterocycles. The number of nitrogens with one attached hydrogen (secondary N) is 1. The number of aryl methyl sites for hydroxylation is 1. The standard InChI is InChI=1S/C25H28N2O2/c1-21-13-15-24(16-14-21)29-18-8-17-26-25(28)27(19-22-9-4-2-5-10-22)20-23-11-6-3-7-12-23/h2-7,9-16H,8,17-20H2,1H3,(H,26,28). The van der Waals surface area contributed by atoms with E-state index in [4.69, 9.17) is 4.74 Å². The van der Waals surface area contributed by atoms with Crippen LogP contribution in [0.2, 0.25) is 0 Å². The monoisotopic (exact) mass is 388 g/mol. The first kappa shape index (κ1) is 20.5. The minimum atomic E-state index is -0.0620. The summed E-state index contributed by atoms with van der Waals surface area (Å²) in [5.74, 6) is 0.858. The molecule has 0 saturated heterocycles. The molecular formula is C25H28N2O2. The molecule has 0 radical (unpaired) electrons. The van der Waals surface area contributed by atoms with Crippen LogP contribution < -0.4 is 10.1 Å². The third-order valence-corrected chi connectivity index (χ3v) is 4.61. The highest BCUT2D eigenvalue weighted by atomic mass is 16.5. The van der Waals surface area contributed by atoms with Crippen molar-refractivity contribution in [1.29, 1.82) is 0 Å². The summed E-state index contributed by atoms with van der Waals surface area (Å²) < 4.78 is 5.73. The number of carbonyl (C=O) groups excluding carboxylic acids is 1. The van der Waals surface area contributed by atoms with Crippen molar-refractivity contribution in [3.8, 4) is 5.75 Å². The molecule has 2 amide bonds. The van der Waals surface area contributed by atoms with Gasteiger partial charge < -0.3 is 15.0 Å². The first-order valence-corrected chi connectivity index (χ1v) is 10.0. The van der Waals surface area contributed by atoms with E-state index in [0.29, 0.717) is 26.2 Å². The van der Waals surface area contributed by atoms with Gasteiger partial charge in [0.1, 0.15) is 5.75 Å². The summed E-state index contributed by atoms with van der Waals surface area (Å²) in [5.41, 5.74) is 3.43. The van der Waals surface area contributed by atoms with Crippen LogP contribution in [0.1, 0.15) is 23.1 Å². The molecule has 0 unspecified atom stereocenters. The van der Waals surface area contributed by atoms with E-state index in [9.17, 15) is 4.79 Å². The Morgan fingerprint density at radius 1 is 0.828 bits per heavy atom. The Morgan fingerprint density at radius 2 is 1.38 bits per heavy atom. The third kappa shape index (κ3) is 7.00. The fourth-order valence-electron chi connectivity index (χ4n) is 3.01. The van der Waals surface area contributed by atoms with Crippen molar-refractivity contribution < 1.29 is 9.53 Å². The summed E-state index contributed by atoms with van der Waals surface area (Å²) in [6, 6.07) is 28.1. The van der Waals surface area contributed by atoms with Crippen LogP contribution >= 0.6 is 0 Å². The second-order valence-corrected chi connectivity index (χ2v) is 7.07. The molecule has 0 heterocycles. The molecule has 4 nitrogen and oxygen atoms in total. The van der Waals surface area contributed by atoms with E-state index < -0.39 is 0 Å². The number of hydrogen-bond acceptors (Lipinski definition) is 2. The van der Waals surface area contributed by atoms with E-state index in [-0.39, 0.29) is 6.03 Å². The fourth-order valence-corrected chi connectivity index (χ4v) is 3.01. The number of urea groups is 1. The molecule has 29 heavy (non-hydrogen) atoms. The van der Waals surface area contributed by atoms with Crippen LogP contribution in [0, 0.1) is 6.92 Å². The number of rotatable bonds is 9. The van der Waals surface area contributed by atoms with Gasteiger partial charge in [0.2, 0.25) is 0 Å².